The minimum absolute atomic E-state index is 0.151. The van der Waals surface area contributed by atoms with Crippen LogP contribution in [0.5, 0.6) is 5.75 Å². The van der Waals surface area contributed by atoms with Crippen LogP contribution < -0.4 is 10.1 Å². The van der Waals surface area contributed by atoms with Crippen LogP contribution >= 0.6 is 11.6 Å². The van der Waals surface area contributed by atoms with Gasteiger partial charge in [0.05, 0.1) is 28.2 Å². The summed E-state index contributed by atoms with van der Waals surface area (Å²) in [7, 11) is 0. The van der Waals surface area contributed by atoms with Gasteiger partial charge in [-0.15, -0.1) is 0 Å². The fraction of sp³-hybridized carbons (Fsp3) is 0.231. The Bertz CT molecular complexity index is 1170. The molecule has 0 radical (unpaired) electrons. The fourth-order valence-corrected chi connectivity index (χ4v) is 3.91. The van der Waals surface area contributed by atoms with Crippen molar-refractivity contribution in [1.82, 2.24) is 14.9 Å². The van der Waals surface area contributed by atoms with Crippen LogP contribution in [-0.2, 0) is 13.0 Å². The second-order valence-corrected chi connectivity index (χ2v) is 7.93. The van der Waals surface area contributed by atoms with Gasteiger partial charge >= 0.3 is 0 Å². The van der Waals surface area contributed by atoms with Gasteiger partial charge in [-0.1, -0.05) is 54.1 Å². The lowest BCUT2D eigenvalue weighted by atomic mass is 10.2. The Morgan fingerprint density at radius 3 is 2.53 bits per heavy atom. The van der Waals surface area contributed by atoms with E-state index < -0.39 is 0 Å². The van der Waals surface area contributed by atoms with Gasteiger partial charge in [-0.2, -0.15) is 0 Å². The van der Waals surface area contributed by atoms with Crippen LogP contribution in [0.1, 0.15) is 29.0 Å². The number of amides is 1. The largest absolute Gasteiger partial charge is 0.494 e. The lowest BCUT2D eigenvalue weighted by Gasteiger charge is -2.11. The van der Waals surface area contributed by atoms with Crippen LogP contribution in [0.4, 0.5) is 0 Å². The average Bonchev–Trinajstić information content (AvgIpc) is 3.18. The Kier molecular flexibility index (Phi) is 7.41. The first-order valence-electron chi connectivity index (χ1n) is 10.9. The standard InChI is InChI=1S/C26H26ClN3O2/c27-22-13-5-4-12-21(22)26(31)28-17-8-16-25-29-23-14-6-7-15-24(23)30(25)18-9-19-32-20-10-2-1-3-11-20/h1-7,10-15H,8-9,16-19H2,(H,28,31). The number of aryl methyl sites for hydroxylation is 2. The van der Waals surface area contributed by atoms with Crippen LogP contribution in [0.25, 0.3) is 11.0 Å². The highest BCUT2D eigenvalue weighted by Gasteiger charge is 2.12. The first kappa shape index (κ1) is 21.9. The molecule has 0 atom stereocenters. The van der Waals surface area contributed by atoms with Crippen LogP contribution in [-0.4, -0.2) is 28.6 Å². The zero-order valence-electron chi connectivity index (χ0n) is 17.8. The predicted molar refractivity (Wildman–Crippen MR) is 128 cm³/mol. The van der Waals surface area contributed by atoms with E-state index in [4.69, 9.17) is 21.3 Å². The van der Waals surface area contributed by atoms with Crippen LogP contribution in [0.15, 0.2) is 78.9 Å². The smallest absolute Gasteiger partial charge is 0.252 e. The molecule has 0 bridgehead atoms. The number of ether oxygens (including phenoxy) is 1. The molecule has 0 spiro atoms. The van der Waals surface area contributed by atoms with E-state index in [0.717, 1.165) is 48.4 Å². The second kappa shape index (κ2) is 10.8. The molecule has 0 fully saturated rings. The lowest BCUT2D eigenvalue weighted by Crippen LogP contribution is -2.25. The number of rotatable bonds is 10. The topological polar surface area (TPSA) is 56.2 Å². The number of nitrogens with one attached hydrogen (secondary N) is 1. The molecule has 164 valence electrons. The molecule has 1 heterocycles. The van der Waals surface area contributed by atoms with Crippen LogP contribution in [0, 0.1) is 0 Å². The third-order valence-corrected chi connectivity index (χ3v) is 5.58. The maximum Gasteiger partial charge on any atom is 0.252 e. The summed E-state index contributed by atoms with van der Waals surface area (Å²) < 4.78 is 8.10. The number of fused-ring (bicyclic) bond motifs is 1. The first-order chi connectivity index (χ1) is 15.7. The van der Waals surface area contributed by atoms with E-state index in [1.807, 2.05) is 60.7 Å². The summed E-state index contributed by atoms with van der Waals surface area (Å²) in [5.74, 6) is 1.76. The van der Waals surface area contributed by atoms with Gasteiger partial charge in [-0.05, 0) is 49.2 Å². The Hall–Kier alpha value is -3.31. The van der Waals surface area contributed by atoms with E-state index in [1.165, 1.54) is 0 Å². The number of imidazole rings is 1. The molecule has 0 saturated heterocycles. The number of carbonyl (C=O) groups is 1. The normalized spacial score (nSPS) is 10.9. The molecular weight excluding hydrogens is 422 g/mol. The summed E-state index contributed by atoms with van der Waals surface area (Å²) in [6.45, 7) is 2.03. The van der Waals surface area contributed by atoms with Crippen molar-refractivity contribution in [3.05, 3.63) is 95.3 Å². The molecule has 1 aromatic heterocycles. The summed E-state index contributed by atoms with van der Waals surface area (Å²) >= 11 is 6.11. The zero-order valence-corrected chi connectivity index (χ0v) is 18.6. The van der Waals surface area contributed by atoms with Crippen molar-refractivity contribution >= 4 is 28.5 Å². The Morgan fingerprint density at radius 2 is 1.69 bits per heavy atom. The highest BCUT2D eigenvalue weighted by Crippen LogP contribution is 2.18. The zero-order chi connectivity index (χ0) is 22.2. The van der Waals surface area contributed by atoms with Gasteiger partial charge in [0.2, 0.25) is 0 Å². The monoisotopic (exact) mass is 447 g/mol. The van der Waals surface area contributed by atoms with E-state index in [-0.39, 0.29) is 5.91 Å². The van der Waals surface area contributed by atoms with Gasteiger partial charge in [-0.3, -0.25) is 4.79 Å². The highest BCUT2D eigenvalue weighted by molar-refractivity contribution is 6.33. The highest BCUT2D eigenvalue weighted by atomic mass is 35.5. The summed E-state index contributed by atoms with van der Waals surface area (Å²) in [5.41, 5.74) is 2.62. The number of hydrogen-bond donors (Lipinski definition) is 1. The van der Waals surface area contributed by atoms with Crippen molar-refractivity contribution in [2.45, 2.75) is 25.8 Å². The van der Waals surface area contributed by atoms with Gasteiger partial charge in [-0.25, -0.2) is 4.98 Å². The van der Waals surface area contributed by atoms with Crippen molar-refractivity contribution in [2.75, 3.05) is 13.2 Å². The molecule has 0 unspecified atom stereocenters. The van der Waals surface area contributed by atoms with E-state index in [1.54, 1.807) is 12.1 Å². The summed E-state index contributed by atoms with van der Waals surface area (Å²) in [6, 6.07) is 25.1. The number of benzene rings is 3. The Labute approximate surface area is 193 Å². The average molecular weight is 448 g/mol. The third-order valence-electron chi connectivity index (χ3n) is 5.25. The third kappa shape index (κ3) is 5.48. The van der Waals surface area contributed by atoms with E-state index in [9.17, 15) is 4.79 Å². The Balaban J connectivity index is 1.33. The van der Waals surface area contributed by atoms with Crippen molar-refractivity contribution < 1.29 is 9.53 Å². The van der Waals surface area contributed by atoms with Gasteiger partial charge < -0.3 is 14.6 Å². The van der Waals surface area contributed by atoms with Gasteiger partial charge in [0.15, 0.2) is 0 Å². The van der Waals surface area contributed by atoms with Crippen molar-refractivity contribution in [3.63, 3.8) is 0 Å². The molecule has 0 aliphatic rings. The van der Waals surface area contributed by atoms with Crippen LogP contribution in [0.3, 0.4) is 0 Å². The molecule has 0 aliphatic carbocycles. The molecule has 4 rings (SSSR count). The van der Waals surface area contributed by atoms with Gasteiger partial charge in [0.25, 0.3) is 5.91 Å². The summed E-state index contributed by atoms with van der Waals surface area (Å²) in [6.07, 6.45) is 2.45. The van der Waals surface area contributed by atoms with Crippen molar-refractivity contribution in [3.8, 4) is 5.75 Å². The number of para-hydroxylation sites is 3. The Morgan fingerprint density at radius 1 is 0.938 bits per heavy atom. The van der Waals surface area contributed by atoms with E-state index >= 15 is 0 Å². The summed E-state index contributed by atoms with van der Waals surface area (Å²) in [5, 5.41) is 3.42. The maximum absolute atomic E-state index is 12.3. The lowest BCUT2D eigenvalue weighted by molar-refractivity contribution is 0.0953. The van der Waals surface area contributed by atoms with E-state index in [0.29, 0.717) is 23.7 Å². The molecule has 0 aliphatic heterocycles. The fourth-order valence-electron chi connectivity index (χ4n) is 3.68. The van der Waals surface area contributed by atoms with Gasteiger partial charge in [0.1, 0.15) is 11.6 Å². The molecule has 6 heteroatoms. The van der Waals surface area contributed by atoms with Crippen LogP contribution in [0.2, 0.25) is 5.02 Å². The first-order valence-corrected chi connectivity index (χ1v) is 11.2. The number of hydrogen-bond acceptors (Lipinski definition) is 3. The van der Waals surface area contributed by atoms with E-state index in [2.05, 4.69) is 16.0 Å². The molecule has 32 heavy (non-hydrogen) atoms. The molecule has 3 aromatic carbocycles. The van der Waals surface area contributed by atoms with Crippen molar-refractivity contribution in [2.24, 2.45) is 0 Å². The molecule has 1 amide bonds. The number of carbonyl (C=O) groups excluding carboxylic acids is 1. The van der Waals surface area contributed by atoms with Gasteiger partial charge in [0, 0.05) is 19.5 Å². The SMILES string of the molecule is O=C(NCCCc1nc2ccccc2n1CCCOc1ccccc1)c1ccccc1Cl. The van der Waals surface area contributed by atoms with Crippen molar-refractivity contribution in [1.29, 1.82) is 0 Å². The number of nitrogens with zero attached hydrogens (tertiary/aromatic N) is 2. The molecule has 5 nitrogen and oxygen atoms in total. The minimum Gasteiger partial charge on any atom is -0.494 e. The molecule has 0 saturated carbocycles. The number of aromatic nitrogens is 2. The minimum atomic E-state index is -0.151. The quantitative estimate of drug-likeness (QED) is 0.325. The predicted octanol–water partition coefficient (Wildman–Crippen LogP) is 5.52. The molecule has 4 aromatic rings. The second-order valence-electron chi connectivity index (χ2n) is 7.52. The molecular formula is C26H26ClN3O2. The summed E-state index contributed by atoms with van der Waals surface area (Å²) in [4.78, 5) is 17.2. The maximum atomic E-state index is 12.3. The number of halogens is 1. The molecule has 1 N–H and O–H groups in total.